The molecule has 2 rings (SSSR count). The third-order valence-electron chi connectivity index (χ3n) is 5.30. The molecule has 1 amide bonds. The molecule has 0 spiro atoms. The highest BCUT2D eigenvalue weighted by molar-refractivity contribution is 5.97. The number of hydrogen-bond donors (Lipinski definition) is 1. The lowest BCUT2D eigenvalue weighted by Crippen LogP contribution is -2.36. The van der Waals surface area contributed by atoms with Crippen LogP contribution in [0.1, 0.15) is 73.0 Å². The second kappa shape index (κ2) is 12.9. The van der Waals surface area contributed by atoms with Gasteiger partial charge in [0.05, 0.1) is 5.56 Å². The second-order valence-electron chi connectivity index (χ2n) is 7.97. The van der Waals surface area contributed by atoms with Gasteiger partial charge in [0.25, 0.3) is 5.91 Å². The third kappa shape index (κ3) is 8.32. The summed E-state index contributed by atoms with van der Waals surface area (Å²) in [5.41, 5.74) is -0.575. The number of amides is 1. The number of hydrogen-bond acceptors (Lipinski definition) is 3. The second-order valence-corrected chi connectivity index (χ2v) is 7.97. The van der Waals surface area contributed by atoms with Crippen LogP contribution in [0.15, 0.2) is 67.0 Å². The molecular weight excluding hydrogens is 450 g/mol. The smallest absolute Gasteiger partial charge is 0.416 e. The van der Waals surface area contributed by atoms with E-state index in [9.17, 15) is 27.2 Å². The van der Waals surface area contributed by atoms with Gasteiger partial charge in [-0.15, -0.1) is 0 Å². The summed E-state index contributed by atoms with van der Waals surface area (Å²) in [7, 11) is 0. The molecular formula is C26H29F4NO3. The summed E-state index contributed by atoms with van der Waals surface area (Å²) in [6.45, 7) is 5.35. The van der Waals surface area contributed by atoms with Crippen LogP contribution in [0, 0.1) is 0 Å². The van der Waals surface area contributed by atoms with E-state index in [1.54, 1.807) is 30.3 Å². The molecule has 8 heteroatoms. The molecule has 1 N–H and O–H groups in total. The van der Waals surface area contributed by atoms with Crippen molar-refractivity contribution in [1.82, 2.24) is 5.32 Å². The van der Waals surface area contributed by atoms with Gasteiger partial charge in [0, 0.05) is 5.56 Å². The molecule has 0 fully saturated rings. The number of alkyl halides is 3. The summed E-state index contributed by atoms with van der Waals surface area (Å²) in [5.74, 6) is -2.44. The molecule has 0 saturated heterocycles. The van der Waals surface area contributed by atoms with Crippen molar-refractivity contribution in [2.75, 3.05) is 0 Å². The third-order valence-corrected chi connectivity index (χ3v) is 5.30. The number of rotatable bonds is 12. The highest BCUT2D eigenvalue weighted by Gasteiger charge is 2.31. The van der Waals surface area contributed by atoms with Crippen molar-refractivity contribution in [3.63, 3.8) is 0 Å². The van der Waals surface area contributed by atoms with Crippen molar-refractivity contribution in [1.29, 1.82) is 0 Å². The lowest BCUT2D eigenvalue weighted by molar-refractivity contribution is -0.151. The molecule has 2 aromatic carbocycles. The number of nitrogens with one attached hydrogen (secondary N) is 1. The monoisotopic (exact) mass is 479 g/mol. The maximum absolute atomic E-state index is 14.0. The molecule has 0 aliphatic heterocycles. The Bertz CT molecular complexity index is 943. The zero-order valence-electron chi connectivity index (χ0n) is 19.0. The SMILES string of the molecule is C=C(F)C(CCCCCCC)OC(=O)C(NC(=O)c1ccc(C(F)(F)F)cc1)c1ccccc1. The molecule has 4 nitrogen and oxygen atoms in total. The Morgan fingerprint density at radius 2 is 1.59 bits per heavy atom. The Balaban J connectivity index is 2.14. The quantitative estimate of drug-likeness (QED) is 0.204. The van der Waals surface area contributed by atoms with Crippen LogP contribution < -0.4 is 5.32 Å². The van der Waals surface area contributed by atoms with Gasteiger partial charge in [-0.05, 0) is 42.7 Å². The van der Waals surface area contributed by atoms with Crippen molar-refractivity contribution in [2.24, 2.45) is 0 Å². The van der Waals surface area contributed by atoms with Crippen molar-refractivity contribution < 1.29 is 31.9 Å². The van der Waals surface area contributed by atoms with E-state index in [0.29, 0.717) is 12.0 Å². The lowest BCUT2D eigenvalue weighted by Gasteiger charge is -2.22. The van der Waals surface area contributed by atoms with Crippen LogP contribution in [0.4, 0.5) is 17.6 Å². The van der Waals surface area contributed by atoms with E-state index in [1.807, 2.05) is 0 Å². The minimum atomic E-state index is -4.54. The Hall–Kier alpha value is -3.16. The Morgan fingerprint density at radius 3 is 2.15 bits per heavy atom. The molecule has 0 saturated carbocycles. The van der Waals surface area contributed by atoms with E-state index in [0.717, 1.165) is 49.9 Å². The van der Waals surface area contributed by atoms with Gasteiger partial charge in [0.1, 0.15) is 5.83 Å². The first-order valence-electron chi connectivity index (χ1n) is 11.2. The van der Waals surface area contributed by atoms with Gasteiger partial charge in [-0.25, -0.2) is 9.18 Å². The molecule has 0 radical (unpaired) electrons. The number of unbranched alkanes of at least 4 members (excludes halogenated alkanes) is 4. The summed E-state index contributed by atoms with van der Waals surface area (Å²) in [6, 6.07) is 10.5. The van der Waals surface area contributed by atoms with Crippen LogP contribution in [0.5, 0.6) is 0 Å². The molecule has 184 valence electrons. The first-order valence-corrected chi connectivity index (χ1v) is 11.2. The Labute approximate surface area is 197 Å². The van der Waals surface area contributed by atoms with E-state index in [-0.39, 0.29) is 12.0 Å². The predicted octanol–water partition coefficient (Wildman–Crippen LogP) is 6.93. The summed E-state index contributed by atoms with van der Waals surface area (Å²) in [5, 5.41) is 2.49. The van der Waals surface area contributed by atoms with Gasteiger partial charge in [-0.3, -0.25) is 4.79 Å². The average Bonchev–Trinajstić information content (AvgIpc) is 2.81. The Kier molecular flexibility index (Phi) is 10.3. The van der Waals surface area contributed by atoms with Gasteiger partial charge < -0.3 is 10.1 Å². The van der Waals surface area contributed by atoms with Crippen LogP contribution in [0.25, 0.3) is 0 Å². The van der Waals surface area contributed by atoms with Crippen molar-refractivity contribution in [3.8, 4) is 0 Å². The fraction of sp³-hybridized carbons (Fsp3) is 0.385. The van der Waals surface area contributed by atoms with Gasteiger partial charge >= 0.3 is 12.1 Å². The maximum atomic E-state index is 14.0. The number of esters is 1. The summed E-state index contributed by atoms with van der Waals surface area (Å²) >= 11 is 0. The number of carbonyl (C=O) groups excluding carboxylic acids is 2. The number of benzene rings is 2. The molecule has 0 heterocycles. The van der Waals surface area contributed by atoms with E-state index in [4.69, 9.17) is 4.74 Å². The fourth-order valence-corrected chi connectivity index (χ4v) is 3.37. The van der Waals surface area contributed by atoms with E-state index >= 15 is 0 Å². The highest BCUT2D eigenvalue weighted by Crippen LogP contribution is 2.29. The van der Waals surface area contributed by atoms with Gasteiger partial charge in [0.15, 0.2) is 12.1 Å². The van der Waals surface area contributed by atoms with E-state index < -0.39 is 41.6 Å². The van der Waals surface area contributed by atoms with E-state index in [1.165, 1.54) is 0 Å². The number of carbonyl (C=O) groups is 2. The number of ether oxygens (including phenoxy) is 1. The molecule has 34 heavy (non-hydrogen) atoms. The summed E-state index contributed by atoms with van der Waals surface area (Å²) in [4.78, 5) is 25.6. The summed E-state index contributed by atoms with van der Waals surface area (Å²) < 4.78 is 57.7. The van der Waals surface area contributed by atoms with Gasteiger partial charge in [-0.2, -0.15) is 13.2 Å². The highest BCUT2D eigenvalue weighted by atomic mass is 19.4. The molecule has 2 atom stereocenters. The zero-order valence-corrected chi connectivity index (χ0v) is 19.0. The topological polar surface area (TPSA) is 55.4 Å². The predicted molar refractivity (Wildman–Crippen MR) is 122 cm³/mol. The first kappa shape index (κ1) is 27.1. The fourth-order valence-electron chi connectivity index (χ4n) is 3.37. The lowest BCUT2D eigenvalue weighted by atomic mass is 10.0. The van der Waals surface area contributed by atoms with Crippen molar-refractivity contribution in [3.05, 3.63) is 83.7 Å². The van der Waals surface area contributed by atoms with Crippen LogP contribution in [0.2, 0.25) is 0 Å². The van der Waals surface area contributed by atoms with Crippen LogP contribution in [-0.2, 0) is 15.7 Å². The molecule has 0 bridgehead atoms. The standard InChI is InChI=1S/C26H29F4NO3/c1-3-4-5-6-10-13-22(18(2)27)34-25(33)23(19-11-8-7-9-12-19)31-24(32)20-14-16-21(17-15-20)26(28,29)30/h7-9,11-12,14-17,22-23H,2-6,10,13H2,1H3,(H,31,32). The largest absolute Gasteiger partial charge is 0.453 e. The maximum Gasteiger partial charge on any atom is 0.416 e. The van der Waals surface area contributed by atoms with E-state index in [2.05, 4.69) is 18.8 Å². The van der Waals surface area contributed by atoms with Crippen LogP contribution in [-0.4, -0.2) is 18.0 Å². The van der Waals surface area contributed by atoms with Crippen molar-refractivity contribution >= 4 is 11.9 Å². The first-order chi connectivity index (χ1) is 16.1. The van der Waals surface area contributed by atoms with Gasteiger partial charge in [-0.1, -0.05) is 69.5 Å². The van der Waals surface area contributed by atoms with Crippen LogP contribution in [0.3, 0.4) is 0 Å². The summed E-state index contributed by atoms with van der Waals surface area (Å²) in [6.07, 6.45) is -0.796. The molecule has 2 unspecified atom stereocenters. The molecule has 0 aliphatic carbocycles. The average molecular weight is 480 g/mol. The normalized spacial score (nSPS) is 13.1. The molecule has 0 aliphatic rings. The minimum absolute atomic E-state index is 0.0656. The van der Waals surface area contributed by atoms with Crippen molar-refractivity contribution in [2.45, 2.75) is 63.8 Å². The molecule has 0 aromatic heterocycles. The molecule has 2 aromatic rings. The van der Waals surface area contributed by atoms with Gasteiger partial charge in [0.2, 0.25) is 0 Å². The Morgan fingerprint density at radius 1 is 0.971 bits per heavy atom. The number of halogens is 4. The minimum Gasteiger partial charge on any atom is -0.453 e. The van der Waals surface area contributed by atoms with Crippen LogP contribution >= 0.6 is 0 Å². The zero-order chi connectivity index (χ0) is 25.1.